The normalized spacial score (nSPS) is 11.8. The molecule has 1 aromatic heterocycles. The molecule has 1 atom stereocenters. The summed E-state index contributed by atoms with van der Waals surface area (Å²) in [6.07, 6.45) is 0.753. The van der Waals surface area contributed by atoms with E-state index in [1.54, 1.807) is 43.5 Å². The number of methoxy groups -OCH3 is 1. The van der Waals surface area contributed by atoms with Gasteiger partial charge in [-0.2, -0.15) is 0 Å². The van der Waals surface area contributed by atoms with Crippen molar-refractivity contribution in [3.8, 4) is 5.75 Å². The molecule has 21 heavy (non-hydrogen) atoms. The Hall–Kier alpha value is -2.40. The minimum Gasteiger partial charge on any atom is -0.497 e. The number of carbonyl (C=O) groups excluding carboxylic acids is 1. The number of hydrogen-bond acceptors (Lipinski definition) is 4. The van der Waals surface area contributed by atoms with E-state index < -0.39 is 6.10 Å². The molecule has 0 fully saturated rings. The van der Waals surface area contributed by atoms with Crippen molar-refractivity contribution < 1.29 is 14.6 Å². The van der Waals surface area contributed by atoms with Crippen LogP contribution in [0.15, 0.2) is 42.6 Å². The van der Waals surface area contributed by atoms with Gasteiger partial charge in [0.25, 0.3) is 5.91 Å². The van der Waals surface area contributed by atoms with E-state index >= 15 is 0 Å². The first-order valence-corrected chi connectivity index (χ1v) is 6.63. The van der Waals surface area contributed by atoms with Crippen LogP contribution in [0.2, 0.25) is 0 Å². The number of amides is 1. The predicted octanol–water partition coefficient (Wildman–Crippen LogP) is 1.86. The highest BCUT2D eigenvalue weighted by Gasteiger charge is 2.11. The minimum absolute atomic E-state index is 0.138. The number of pyridine rings is 1. The molecule has 0 aliphatic rings. The van der Waals surface area contributed by atoms with Crippen molar-refractivity contribution in [3.05, 3.63) is 59.4 Å². The van der Waals surface area contributed by atoms with E-state index in [4.69, 9.17) is 4.74 Å². The fourth-order valence-electron chi connectivity index (χ4n) is 1.84. The lowest BCUT2D eigenvalue weighted by Crippen LogP contribution is -2.28. The highest BCUT2D eigenvalue weighted by atomic mass is 16.5. The van der Waals surface area contributed by atoms with Gasteiger partial charge in [0.2, 0.25) is 0 Å². The summed E-state index contributed by atoms with van der Waals surface area (Å²) in [5.41, 5.74) is 2.05. The number of benzene rings is 1. The van der Waals surface area contributed by atoms with Crippen LogP contribution in [-0.4, -0.2) is 29.7 Å². The number of ether oxygens (including phenoxy) is 1. The Kier molecular flexibility index (Phi) is 4.90. The average molecular weight is 286 g/mol. The number of aryl methyl sites for hydroxylation is 1. The van der Waals surface area contributed by atoms with Gasteiger partial charge in [-0.25, -0.2) is 0 Å². The van der Waals surface area contributed by atoms with Crippen LogP contribution in [0.3, 0.4) is 0 Å². The zero-order chi connectivity index (χ0) is 15.2. The fraction of sp³-hybridized carbons (Fsp3) is 0.250. The standard InChI is InChI=1S/C16H18N2O3/c1-11-3-4-13(9-17-11)16(20)18-10-15(19)12-5-7-14(21-2)8-6-12/h3-9,15,19H,10H2,1-2H3,(H,18,20). The molecule has 1 amide bonds. The van der Waals surface area contributed by atoms with Gasteiger partial charge in [0.05, 0.1) is 18.8 Å². The molecule has 0 bridgehead atoms. The van der Waals surface area contributed by atoms with E-state index in [0.29, 0.717) is 5.56 Å². The first kappa shape index (κ1) is 15.0. The van der Waals surface area contributed by atoms with Crippen molar-refractivity contribution in [1.29, 1.82) is 0 Å². The number of nitrogens with zero attached hydrogens (tertiary/aromatic N) is 1. The zero-order valence-corrected chi connectivity index (χ0v) is 12.0. The van der Waals surface area contributed by atoms with Gasteiger partial charge < -0.3 is 15.2 Å². The average Bonchev–Trinajstić information content (AvgIpc) is 2.53. The molecule has 0 saturated heterocycles. The summed E-state index contributed by atoms with van der Waals surface area (Å²) in [5.74, 6) is 0.468. The van der Waals surface area contributed by atoms with Crippen LogP contribution >= 0.6 is 0 Å². The maximum atomic E-state index is 11.9. The lowest BCUT2D eigenvalue weighted by atomic mass is 10.1. The second-order valence-corrected chi connectivity index (χ2v) is 4.69. The number of hydrogen-bond donors (Lipinski definition) is 2. The van der Waals surface area contributed by atoms with Gasteiger partial charge in [0.15, 0.2) is 0 Å². The van der Waals surface area contributed by atoms with Crippen molar-refractivity contribution >= 4 is 5.91 Å². The van der Waals surface area contributed by atoms with Gasteiger partial charge in [0.1, 0.15) is 5.75 Å². The summed E-state index contributed by atoms with van der Waals surface area (Å²) in [4.78, 5) is 16.0. The first-order chi connectivity index (χ1) is 10.1. The molecular weight excluding hydrogens is 268 g/mol. The van der Waals surface area contributed by atoms with Crippen molar-refractivity contribution in [2.24, 2.45) is 0 Å². The van der Waals surface area contributed by atoms with Gasteiger partial charge in [-0.05, 0) is 36.8 Å². The Balaban J connectivity index is 1.92. The van der Waals surface area contributed by atoms with Gasteiger partial charge in [-0.15, -0.1) is 0 Å². The number of rotatable bonds is 5. The molecule has 0 spiro atoms. The van der Waals surface area contributed by atoms with Gasteiger partial charge in [-0.3, -0.25) is 9.78 Å². The van der Waals surface area contributed by atoms with E-state index in [0.717, 1.165) is 17.0 Å². The molecule has 110 valence electrons. The Morgan fingerprint density at radius 1 is 1.29 bits per heavy atom. The summed E-state index contributed by atoms with van der Waals surface area (Å²) in [5, 5.41) is 12.7. The van der Waals surface area contributed by atoms with Crippen LogP contribution in [0.4, 0.5) is 0 Å². The summed E-state index contributed by atoms with van der Waals surface area (Å²) >= 11 is 0. The zero-order valence-electron chi connectivity index (χ0n) is 12.0. The molecular formula is C16H18N2O3. The van der Waals surface area contributed by atoms with Crippen LogP contribution in [0.1, 0.15) is 27.7 Å². The fourth-order valence-corrected chi connectivity index (χ4v) is 1.84. The van der Waals surface area contributed by atoms with Crippen molar-refractivity contribution in [3.63, 3.8) is 0 Å². The number of nitrogens with one attached hydrogen (secondary N) is 1. The van der Waals surface area contributed by atoms with Gasteiger partial charge in [-0.1, -0.05) is 12.1 Å². The molecule has 1 unspecified atom stereocenters. The van der Waals surface area contributed by atoms with Gasteiger partial charge >= 0.3 is 0 Å². The number of aliphatic hydroxyl groups is 1. The summed E-state index contributed by atoms with van der Waals surface area (Å²) in [6, 6.07) is 10.5. The molecule has 2 rings (SSSR count). The molecule has 0 saturated carbocycles. The minimum atomic E-state index is -0.765. The topological polar surface area (TPSA) is 71.5 Å². The second kappa shape index (κ2) is 6.85. The lowest BCUT2D eigenvalue weighted by molar-refractivity contribution is 0.0916. The lowest BCUT2D eigenvalue weighted by Gasteiger charge is -2.12. The van der Waals surface area contributed by atoms with Crippen molar-refractivity contribution in [2.45, 2.75) is 13.0 Å². The molecule has 1 aromatic carbocycles. The highest BCUT2D eigenvalue weighted by molar-refractivity contribution is 5.93. The SMILES string of the molecule is COc1ccc(C(O)CNC(=O)c2ccc(C)nc2)cc1. The summed E-state index contributed by atoms with van der Waals surface area (Å²) in [7, 11) is 1.58. The van der Waals surface area contributed by atoms with Crippen LogP contribution < -0.4 is 10.1 Å². The Morgan fingerprint density at radius 2 is 2.00 bits per heavy atom. The van der Waals surface area contributed by atoms with E-state index in [2.05, 4.69) is 10.3 Å². The smallest absolute Gasteiger partial charge is 0.252 e. The van der Waals surface area contributed by atoms with E-state index in [9.17, 15) is 9.90 Å². The third kappa shape index (κ3) is 4.03. The maximum absolute atomic E-state index is 11.9. The predicted molar refractivity (Wildman–Crippen MR) is 79.3 cm³/mol. The molecule has 1 heterocycles. The second-order valence-electron chi connectivity index (χ2n) is 4.69. The quantitative estimate of drug-likeness (QED) is 0.880. The van der Waals surface area contributed by atoms with E-state index in [-0.39, 0.29) is 12.5 Å². The third-order valence-electron chi connectivity index (χ3n) is 3.13. The van der Waals surface area contributed by atoms with Crippen LogP contribution in [0.5, 0.6) is 5.75 Å². The van der Waals surface area contributed by atoms with E-state index in [1.807, 2.05) is 6.92 Å². The Morgan fingerprint density at radius 3 is 2.57 bits per heavy atom. The molecule has 2 N–H and O–H groups in total. The first-order valence-electron chi connectivity index (χ1n) is 6.63. The highest BCUT2D eigenvalue weighted by Crippen LogP contribution is 2.17. The number of aliphatic hydroxyl groups excluding tert-OH is 1. The maximum Gasteiger partial charge on any atom is 0.252 e. The Bertz CT molecular complexity index is 594. The Labute approximate surface area is 123 Å². The molecule has 5 nitrogen and oxygen atoms in total. The van der Waals surface area contributed by atoms with Crippen molar-refractivity contribution in [1.82, 2.24) is 10.3 Å². The molecule has 0 aliphatic heterocycles. The number of aromatic nitrogens is 1. The van der Waals surface area contributed by atoms with Gasteiger partial charge in [0, 0.05) is 18.4 Å². The number of carbonyl (C=O) groups is 1. The molecule has 0 radical (unpaired) electrons. The summed E-state index contributed by atoms with van der Waals surface area (Å²) < 4.78 is 5.06. The summed E-state index contributed by atoms with van der Waals surface area (Å²) in [6.45, 7) is 1.99. The van der Waals surface area contributed by atoms with Crippen LogP contribution in [0, 0.1) is 6.92 Å². The molecule has 5 heteroatoms. The van der Waals surface area contributed by atoms with Crippen LogP contribution in [-0.2, 0) is 0 Å². The molecule has 2 aromatic rings. The van der Waals surface area contributed by atoms with Crippen molar-refractivity contribution in [2.75, 3.05) is 13.7 Å². The monoisotopic (exact) mass is 286 g/mol. The van der Waals surface area contributed by atoms with Crippen LogP contribution in [0.25, 0.3) is 0 Å². The van der Waals surface area contributed by atoms with E-state index in [1.165, 1.54) is 6.20 Å². The largest absolute Gasteiger partial charge is 0.497 e. The third-order valence-corrected chi connectivity index (χ3v) is 3.13. The molecule has 0 aliphatic carbocycles.